The minimum absolute atomic E-state index is 0.638. The van der Waals surface area contributed by atoms with Gasteiger partial charge >= 0.3 is 0 Å². The number of ether oxygens (including phenoxy) is 1. The Kier molecular flexibility index (Phi) is 3.36. The molecule has 0 saturated heterocycles. The van der Waals surface area contributed by atoms with Crippen LogP contribution in [0.25, 0.3) is 0 Å². The standard InChI is InChI=1S/C16H18N2O/c1-19-16-9-8-15(11-18-16)17-10-12-2-4-13(5-3-12)14-6-7-14/h2-5,8-9,11,14,17H,6-7,10H2,1H3. The zero-order chi connectivity index (χ0) is 13.1. The van der Waals surface area contributed by atoms with E-state index in [0.29, 0.717) is 5.88 Å². The lowest BCUT2D eigenvalue weighted by Gasteiger charge is -2.07. The highest BCUT2D eigenvalue weighted by molar-refractivity contribution is 5.43. The van der Waals surface area contributed by atoms with E-state index in [-0.39, 0.29) is 0 Å². The number of methoxy groups -OCH3 is 1. The van der Waals surface area contributed by atoms with Crippen LogP contribution in [-0.2, 0) is 6.54 Å². The van der Waals surface area contributed by atoms with Crippen LogP contribution < -0.4 is 10.1 Å². The first-order chi connectivity index (χ1) is 9.35. The molecule has 3 heteroatoms. The summed E-state index contributed by atoms with van der Waals surface area (Å²) in [7, 11) is 1.62. The Hall–Kier alpha value is -2.03. The van der Waals surface area contributed by atoms with E-state index in [2.05, 4.69) is 34.6 Å². The van der Waals surface area contributed by atoms with Crippen molar-refractivity contribution < 1.29 is 4.74 Å². The summed E-state index contributed by atoms with van der Waals surface area (Å²) in [6.07, 6.45) is 4.50. The summed E-state index contributed by atoms with van der Waals surface area (Å²) in [4.78, 5) is 4.17. The molecular formula is C16H18N2O. The Morgan fingerprint density at radius 3 is 2.53 bits per heavy atom. The van der Waals surface area contributed by atoms with E-state index in [1.165, 1.54) is 24.0 Å². The molecule has 0 amide bonds. The van der Waals surface area contributed by atoms with E-state index >= 15 is 0 Å². The highest BCUT2D eigenvalue weighted by Gasteiger charge is 2.22. The molecule has 1 aromatic heterocycles. The molecule has 1 heterocycles. The third kappa shape index (κ3) is 3.05. The van der Waals surface area contributed by atoms with Crippen molar-refractivity contribution in [3.8, 4) is 5.88 Å². The highest BCUT2D eigenvalue weighted by Crippen LogP contribution is 2.39. The fourth-order valence-corrected chi connectivity index (χ4v) is 2.13. The molecule has 0 unspecified atom stereocenters. The second kappa shape index (κ2) is 5.31. The fourth-order valence-electron chi connectivity index (χ4n) is 2.13. The van der Waals surface area contributed by atoms with Crippen molar-refractivity contribution in [3.05, 3.63) is 53.7 Å². The predicted octanol–water partition coefficient (Wildman–Crippen LogP) is 3.58. The van der Waals surface area contributed by atoms with Gasteiger partial charge in [0.25, 0.3) is 0 Å². The van der Waals surface area contributed by atoms with Crippen LogP contribution in [0.5, 0.6) is 5.88 Å². The van der Waals surface area contributed by atoms with Gasteiger partial charge in [0.1, 0.15) is 0 Å². The summed E-state index contributed by atoms with van der Waals surface area (Å²) in [5, 5.41) is 3.36. The summed E-state index contributed by atoms with van der Waals surface area (Å²) < 4.78 is 5.03. The molecule has 1 aliphatic carbocycles. The van der Waals surface area contributed by atoms with Crippen LogP contribution in [0.3, 0.4) is 0 Å². The number of hydrogen-bond donors (Lipinski definition) is 1. The van der Waals surface area contributed by atoms with E-state index in [1.807, 2.05) is 12.1 Å². The van der Waals surface area contributed by atoms with Crippen molar-refractivity contribution in [1.29, 1.82) is 0 Å². The van der Waals surface area contributed by atoms with Gasteiger partial charge in [0.05, 0.1) is 19.0 Å². The monoisotopic (exact) mass is 254 g/mol. The van der Waals surface area contributed by atoms with Gasteiger partial charge in [-0.05, 0) is 36.0 Å². The average Bonchev–Trinajstić information content (AvgIpc) is 3.31. The van der Waals surface area contributed by atoms with E-state index in [4.69, 9.17) is 4.74 Å². The SMILES string of the molecule is COc1ccc(NCc2ccc(C3CC3)cc2)cn1. The molecule has 0 spiro atoms. The number of benzene rings is 1. The largest absolute Gasteiger partial charge is 0.481 e. The second-order valence-electron chi connectivity index (χ2n) is 4.96. The Balaban J connectivity index is 1.58. The molecule has 0 atom stereocenters. The van der Waals surface area contributed by atoms with E-state index in [0.717, 1.165) is 18.2 Å². The fraction of sp³-hybridized carbons (Fsp3) is 0.312. The number of nitrogens with zero attached hydrogens (tertiary/aromatic N) is 1. The molecule has 3 rings (SSSR count). The first-order valence-corrected chi connectivity index (χ1v) is 6.68. The van der Waals surface area contributed by atoms with Crippen LogP contribution in [0, 0.1) is 0 Å². The molecule has 1 fully saturated rings. The lowest BCUT2D eigenvalue weighted by atomic mass is 10.1. The van der Waals surface area contributed by atoms with E-state index < -0.39 is 0 Å². The number of hydrogen-bond acceptors (Lipinski definition) is 3. The molecular weight excluding hydrogens is 236 g/mol. The third-order valence-corrected chi connectivity index (χ3v) is 3.47. The van der Waals surface area contributed by atoms with Crippen LogP contribution in [0.2, 0.25) is 0 Å². The van der Waals surface area contributed by atoms with E-state index in [1.54, 1.807) is 13.3 Å². The Labute approximate surface area is 113 Å². The van der Waals surface area contributed by atoms with Crippen LogP contribution in [0.4, 0.5) is 5.69 Å². The van der Waals surface area contributed by atoms with Gasteiger partial charge in [-0.2, -0.15) is 0 Å². The van der Waals surface area contributed by atoms with Gasteiger partial charge in [0.2, 0.25) is 5.88 Å². The topological polar surface area (TPSA) is 34.1 Å². The van der Waals surface area contributed by atoms with Gasteiger partial charge in [-0.15, -0.1) is 0 Å². The summed E-state index contributed by atoms with van der Waals surface area (Å²) in [6, 6.07) is 12.8. The zero-order valence-electron chi connectivity index (χ0n) is 11.1. The van der Waals surface area contributed by atoms with Crippen molar-refractivity contribution in [2.75, 3.05) is 12.4 Å². The number of pyridine rings is 1. The summed E-state index contributed by atoms with van der Waals surface area (Å²) >= 11 is 0. The quantitative estimate of drug-likeness (QED) is 0.885. The van der Waals surface area contributed by atoms with Crippen molar-refractivity contribution in [1.82, 2.24) is 4.98 Å². The smallest absolute Gasteiger partial charge is 0.213 e. The Bertz CT molecular complexity index is 530. The van der Waals surface area contributed by atoms with Crippen LogP contribution in [0.15, 0.2) is 42.6 Å². The molecule has 98 valence electrons. The van der Waals surface area contributed by atoms with Gasteiger partial charge in [0, 0.05) is 12.6 Å². The first kappa shape index (κ1) is 12.0. The number of rotatable bonds is 5. The molecule has 1 aliphatic rings. The molecule has 1 N–H and O–H groups in total. The molecule has 0 aliphatic heterocycles. The average molecular weight is 254 g/mol. The van der Waals surface area contributed by atoms with Crippen molar-refractivity contribution >= 4 is 5.69 Å². The predicted molar refractivity (Wildman–Crippen MR) is 76.5 cm³/mol. The summed E-state index contributed by atoms with van der Waals surface area (Å²) in [6.45, 7) is 0.818. The first-order valence-electron chi connectivity index (χ1n) is 6.68. The lowest BCUT2D eigenvalue weighted by molar-refractivity contribution is 0.398. The number of nitrogens with one attached hydrogen (secondary N) is 1. The van der Waals surface area contributed by atoms with Gasteiger partial charge in [0.15, 0.2) is 0 Å². The van der Waals surface area contributed by atoms with Gasteiger partial charge in [-0.25, -0.2) is 4.98 Å². The molecule has 19 heavy (non-hydrogen) atoms. The minimum atomic E-state index is 0.638. The van der Waals surface area contributed by atoms with Gasteiger partial charge in [-0.3, -0.25) is 0 Å². The maximum absolute atomic E-state index is 5.03. The number of aromatic nitrogens is 1. The van der Waals surface area contributed by atoms with Crippen LogP contribution in [-0.4, -0.2) is 12.1 Å². The molecule has 3 nitrogen and oxygen atoms in total. The maximum Gasteiger partial charge on any atom is 0.213 e. The van der Waals surface area contributed by atoms with Crippen LogP contribution >= 0.6 is 0 Å². The molecule has 2 aromatic rings. The molecule has 0 radical (unpaired) electrons. The normalized spacial score (nSPS) is 14.2. The van der Waals surface area contributed by atoms with Gasteiger partial charge < -0.3 is 10.1 Å². The summed E-state index contributed by atoms with van der Waals surface area (Å²) in [5.41, 5.74) is 3.78. The molecule has 1 saturated carbocycles. The Morgan fingerprint density at radius 2 is 1.95 bits per heavy atom. The minimum Gasteiger partial charge on any atom is -0.481 e. The van der Waals surface area contributed by atoms with Crippen molar-refractivity contribution in [2.24, 2.45) is 0 Å². The molecule has 0 bridgehead atoms. The van der Waals surface area contributed by atoms with Crippen molar-refractivity contribution in [3.63, 3.8) is 0 Å². The summed E-state index contributed by atoms with van der Waals surface area (Å²) in [5.74, 6) is 1.46. The third-order valence-electron chi connectivity index (χ3n) is 3.47. The zero-order valence-corrected chi connectivity index (χ0v) is 11.1. The number of anilines is 1. The van der Waals surface area contributed by atoms with Gasteiger partial charge in [-0.1, -0.05) is 24.3 Å². The van der Waals surface area contributed by atoms with E-state index in [9.17, 15) is 0 Å². The van der Waals surface area contributed by atoms with Crippen LogP contribution in [0.1, 0.15) is 29.9 Å². The second-order valence-corrected chi connectivity index (χ2v) is 4.96. The Morgan fingerprint density at radius 1 is 1.16 bits per heavy atom. The maximum atomic E-state index is 5.03. The molecule has 1 aromatic carbocycles. The van der Waals surface area contributed by atoms with Crippen molar-refractivity contribution in [2.45, 2.75) is 25.3 Å². The highest BCUT2D eigenvalue weighted by atomic mass is 16.5. The lowest BCUT2D eigenvalue weighted by Crippen LogP contribution is -2.00.